The first-order valence-electron chi connectivity index (χ1n) is 29.2. The van der Waals surface area contributed by atoms with Crippen molar-refractivity contribution in [2.45, 2.75) is 80.2 Å². The van der Waals surface area contributed by atoms with Crippen molar-refractivity contribution < 1.29 is 38.4 Å². The predicted molar refractivity (Wildman–Crippen MR) is 336 cm³/mol. The van der Waals surface area contributed by atoms with Gasteiger partial charge in [-0.2, -0.15) is 0 Å². The highest BCUT2D eigenvalue weighted by Gasteiger charge is 2.43. The summed E-state index contributed by atoms with van der Waals surface area (Å²) in [6.45, 7) is 14.6. The molecule has 6 heterocycles. The van der Waals surface area contributed by atoms with Gasteiger partial charge in [-0.3, -0.25) is 9.59 Å². The molecule has 0 radical (unpaired) electrons. The van der Waals surface area contributed by atoms with Gasteiger partial charge in [-0.25, -0.2) is 24.9 Å². The Bertz CT molecular complexity index is 4040. The number of carbonyl (C=O) groups excluding carboxylic acids is 2. The van der Waals surface area contributed by atoms with Crippen molar-refractivity contribution in [3.05, 3.63) is 204 Å². The molecule has 1 fully saturated rings. The first-order valence-corrected chi connectivity index (χ1v) is 29.2. The molecule has 16 nitrogen and oxygen atoms in total. The van der Waals surface area contributed by atoms with E-state index in [-0.39, 0.29) is 35.9 Å². The minimum absolute atomic E-state index is 0.125. The molecular formula is C70H70N8O8. The number of nitrogens with zero attached hydrogens (tertiary/aromatic N) is 5. The second kappa shape index (κ2) is 25.4. The maximum absolute atomic E-state index is 14.0. The van der Waals surface area contributed by atoms with E-state index >= 15 is 0 Å². The van der Waals surface area contributed by atoms with Gasteiger partial charge >= 0.3 is 5.97 Å². The Morgan fingerprint density at radius 2 is 1.44 bits per heavy atom. The fourth-order valence-corrected chi connectivity index (χ4v) is 12.0. The molecule has 5 aliphatic heterocycles. The van der Waals surface area contributed by atoms with Gasteiger partial charge in [0.15, 0.2) is 11.5 Å². The molecule has 11 rings (SSSR count). The summed E-state index contributed by atoms with van der Waals surface area (Å²) in [4.78, 5) is 51.8. The normalized spacial score (nSPS) is 17.8. The highest BCUT2D eigenvalue weighted by molar-refractivity contribution is 6.34. The van der Waals surface area contributed by atoms with E-state index in [2.05, 4.69) is 84.5 Å². The summed E-state index contributed by atoms with van der Waals surface area (Å²) >= 11 is 0. The van der Waals surface area contributed by atoms with E-state index in [0.717, 1.165) is 136 Å². The molecule has 6 aliphatic rings. The number of aliphatic hydroxyl groups excluding tert-OH is 1. The quantitative estimate of drug-likeness (QED) is 0.0347. The standard InChI is InChI=1S/C70H70N8O8/c1-10-49-39(3)54-34-58-50(11-2)40(4)65(77-58)64(66-41(5)51(25-26-62(80)84-9)67(78-66)53-32-59(79)63-42(6)55(76-68(53)63)35-57(49)75-54)46-21-23-47(24-22-46)70(81)71-37-45-19-16-43(17-20-45)15-18-44-13-12-14-48(31-44)74-69-52-33-60(85-29-27-82-7)61(86-30-28-83-8)36-56(52)72-38-73-69/h12-14,16-17,19-24,31,33-36,38,41,51,78-79H,10-11,25-30,32,37H2,1-9H3,(H,71,81)(H,72,73,74)/t41-,51-/m0/s1. The lowest BCUT2D eigenvalue weighted by molar-refractivity contribution is -0.140. The number of rotatable bonds is 19. The number of hydrogen-bond donors (Lipinski definition) is 4. The van der Waals surface area contributed by atoms with Crippen LogP contribution in [0, 0.1) is 23.7 Å². The lowest BCUT2D eigenvalue weighted by Crippen LogP contribution is -2.22. The number of hydrogen-bond acceptors (Lipinski definition) is 15. The summed E-state index contributed by atoms with van der Waals surface area (Å²) < 4.78 is 27.5. The minimum Gasteiger partial charge on any atom is -0.511 e. The number of aliphatic imine (C=N–C) groups is 3. The average molecular weight is 1150 g/mol. The second-order valence-electron chi connectivity index (χ2n) is 21.8. The van der Waals surface area contributed by atoms with Gasteiger partial charge in [0.2, 0.25) is 0 Å². The molecule has 1 aromatic heterocycles. The summed E-state index contributed by atoms with van der Waals surface area (Å²) in [5, 5.41) is 22.9. The molecule has 4 aromatic carbocycles. The van der Waals surface area contributed by atoms with Crippen molar-refractivity contribution in [1.29, 1.82) is 0 Å². The number of carbonyl (C=O) groups is 2. The molecule has 16 heteroatoms. The smallest absolute Gasteiger partial charge is 0.305 e. The fourth-order valence-electron chi connectivity index (χ4n) is 12.0. The number of aromatic nitrogens is 2. The van der Waals surface area contributed by atoms with Crippen molar-refractivity contribution in [3.63, 3.8) is 0 Å². The van der Waals surface area contributed by atoms with E-state index in [9.17, 15) is 14.7 Å². The molecule has 2 atom stereocenters. The zero-order chi connectivity index (χ0) is 60.2. The molecule has 1 amide bonds. The highest BCUT2D eigenvalue weighted by Crippen LogP contribution is 2.49. The third kappa shape index (κ3) is 11.7. The van der Waals surface area contributed by atoms with E-state index in [1.165, 1.54) is 13.4 Å². The topological polar surface area (TPSA) is 199 Å². The number of benzene rings is 4. The highest BCUT2D eigenvalue weighted by atomic mass is 16.5. The SMILES string of the molecule is CCC1=C(C)C2=NC1=CC1=C(C)C3=C(O)CC(=C4NC(=C(c5ccc(C(=O)NCc6ccc(C#Cc7cccc(Nc8ncnc9cc(OCCOC)c(OCCOC)cc89)c7)cc6)cc5)C5=NC(=C2)C(CC)=C5C)[C@@H](C)[C@@H]4CCC(=O)OC)C3=N1. The van der Waals surface area contributed by atoms with Crippen molar-refractivity contribution in [2.24, 2.45) is 26.8 Å². The molecule has 86 heavy (non-hydrogen) atoms. The summed E-state index contributed by atoms with van der Waals surface area (Å²) in [5.74, 6) is 7.76. The zero-order valence-corrected chi connectivity index (χ0v) is 50.1. The predicted octanol–water partition coefficient (Wildman–Crippen LogP) is 12.6. The lowest BCUT2D eigenvalue weighted by atomic mass is 9.83. The van der Waals surface area contributed by atoms with E-state index in [4.69, 9.17) is 38.7 Å². The van der Waals surface area contributed by atoms with Crippen LogP contribution in [0.4, 0.5) is 11.5 Å². The second-order valence-corrected chi connectivity index (χ2v) is 21.8. The monoisotopic (exact) mass is 1150 g/mol. The van der Waals surface area contributed by atoms with Gasteiger partial charge in [0.1, 0.15) is 31.1 Å². The fraction of sp³-hybridized carbons (Fsp3) is 0.300. The van der Waals surface area contributed by atoms with Crippen LogP contribution in [0.2, 0.25) is 0 Å². The average Bonchev–Trinajstić information content (AvgIpc) is 1.76. The number of fused-ring (bicyclic) bond motifs is 6. The van der Waals surface area contributed by atoms with Crippen molar-refractivity contribution >= 4 is 57.0 Å². The summed E-state index contributed by atoms with van der Waals surface area (Å²) in [6, 6.07) is 27.0. The Morgan fingerprint density at radius 1 is 0.733 bits per heavy atom. The molecule has 4 N–H and O–H groups in total. The number of aliphatic hydroxyl groups is 1. The van der Waals surface area contributed by atoms with Gasteiger partial charge in [-0.15, -0.1) is 0 Å². The van der Waals surface area contributed by atoms with Crippen molar-refractivity contribution in [2.75, 3.05) is 53.1 Å². The number of methoxy groups -OCH3 is 3. The van der Waals surface area contributed by atoms with E-state index in [1.807, 2.05) is 91.9 Å². The van der Waals surface area contributed by atoms with Crippen LogP contribution in [0.3, 0.4) is 0 Å². The summed E-state index contributed by atoms with van der Waals surface area (Å²) in [5.41, 5.74) is 20.1. The molecule has 1 aliphatic carbocycles. The Kier molecular flexibility index (Phi) is 17.2. The van der Waals surface area contributed by atoms with Gasteiger partial charge in [0.05, 0.1) is 60.1 Å². The minimum atomic E-state index is -0.289. The van der Waals surface area contributed by atoms with Gasteiger partial charge in [-0.05, 0) is 140 Å². The van der Waals surface area contributed by atoms with Crippen molar-refractivity contribution in [3.8, 4) is 23.3 Å². The molecule has 8 bridgehead atoms. The largest absolute Gasteiger partial charge is 0.511 e. The van der Waals surface area contributed by atoms with Crippen LogP contribution in [0.15, 0.2) is 192 Å². The Balaban J connectivity index is 0.836. The van der Waals surface area contributed by atoms with Gasteiger partial charge < -0.3 is 44.7 Å². The van der Waals surface area contributed by atoms with Crippen LogP contribution >= 0.6 is 0 Å². The number of ether oxygens (including phenoxy) is 5. The molecular weight excluding hydrogens is 1080 g/mol. The number of anilines is 2. The van der Waals surface area contributed by atoms with Gasteiger partial charge in [-0.1, -0.05) is 62.9 Å². The first-order chi connectivity index (χ1) is 41.8. The zero-order valence-electron chi connectivity index (χ0n) is 50.1. The molecule has 0 spiro atoms. The molecule has 0 unspecified atom stereocenters. The van der Waals surface area contributed by atoms with E-state index in [0.29, 0.717) is 74.2 Å². The Morgan fingerprint density at radius 3 is 2.16 bits per heavy atom. The van der Waals surface area contributed by atoms with Crippen LogP contribution in [-0.2, 0) is 25.5 Å². The van der Waals surface area contributed by atoms with Crippen LogP contribution in [0.25, 0.3) is 16.5 Å². The summed E-state index contributed by atoms with van der Waals surface area (Å²) in [6.07, 6.45) is 8.23. The van der Waals surface area contributed by atoms with Gasteiger partial charge in [0.25, 0.3) is 5.91 Å². The maximum atomic E-state index is 14.0. The number of amides is 1. The van der Waals surface area contributed by atoms with Crippen molar-refractivity contribution in [1.82, 2.24) is 20.6 Å². The first kappa shape index (κ1) is 58.3. The molecule has 438 valence electrons. The van der Waals surface area contributed by atoms with E-state index in [1.54, 1.807) is 14.2 Å². The third-order valence-corrected chi connectivity index (χ3v) is 16.7. The summed E-state index contributed by atoms with van der Waals surface area (Å²) in [7, 11) is 4.66. The lowest BCUT2D eigenvalue weighted by Gasteiger charge is -2.19. The van der Waals surface area contributed by atoms with Crippen LogP contribution in [0.5, 0.6) is 11.5 Å². The number of esters is 1. The van der Waals surface area contributed by atoms with Crippen LogP contribution in [-0.4, -0.2) is 91.8 Å². The maximum Gasteiger partial charge on any atom is 0.305 e. The van der Waals surface area contributed by atoms with Gasteiger partial charge in [0, 0.05) is 107 Å². The van der Waals surface area contributed by atoms with E-state index < -0.39 is 0 Å². The third-order valence-electron chi connectivity index (χ3n) is 16.7. The van der Waals surface area contributed by atoms with Crippen LogP contribution in [0.1, 0.15) is 106 Å². The Labute approximate surface area is 501 Å². The molecule has 5 aromatic rings. The molecule has 0 saturated carbocycles. The number of nitrogens with one attached hydrogen (secondary N) is 3. The van der Waals surface area contributed by atoms with Crippen LogP contribution < -0.4 is 25.4 Å². The molecule has 1 saturated heterocycles. The number of allylic oxidation sites excluding steroid dienone is 12. The Hall–Kier alpha value is -9.43.